The first-order valence-electron chi connectivity index (χ1n) is 5.22. The Labute approximate surface area is 101 Å². The second-order valence-electron chi connectivity index (χ2n) is 4.00. The minimum absolute atomic E-state index is 0.110. The number of urea groups is 1. The molecule has 0 saturated heterocycles. The zero-order valence-electron chi connectivity index (χ0n) is 10.0. The third-order valence-electron chi connectivity index (χ3n) is 2.03. The van der Waals surface area contributed by atoms with Crippen LogP contribution in [0.1, 0.15) is 19.4 Å². The fourth-order valence-corrected chi connectivity index (χ4v) is 2.49. The first-order chi connectivity index (χ1) is 7.83. The van der Waals surface area contributed by atoms with Crippen molar-refractivity contribution < 1.29 is 13.2 Å². The average Bonchev–Trinajstić information content (AvgIpc) is 2.15. The van der Waals surface area contributed by atoms with Crippen molar-refractivity contribution in [3.63, 3.8) is 0 Å². The number of carbonyl (C=O) groups is 1. The Kier molecular flexibility index (Phi) is 4.11. The molecule has 2 N–H and O–H groups in total. The van der Waals surface area contributed by atoms with E-state index in [-0.39, 0.29) is 10.9 Å². The van der Waals surface area contributed by atoms with Crippen LogP contribution in [0.25, 0.3) is 0 Å². The van der Waals surface area contributed by atoms with Gasteiger partial charge in [0.1, 0.15) is 0 Å². The van der Waals surface area contributed by atoms with Crippen molar-refractivity contribution in [1.29, 1.82) is 0 Å². The lowest BCUT2D eigenvalue weighted by Crippen LogP contribution is -2.42. The van der Waals surface area contributed by atoms with Gasteiger partial charge in [0.25, 0.3) is 10.0 Å². The maximum Gasteiger partial charge on any atom is 0.328 e. The van der Waals surface area contributed by atoms with Gasteiger partial charge in [0.15, 0.2) is 0 Å². The fraction of sp³-hybridized carbons (Fsp3) is 0.364. The van der Waals surface area contributed by atoms with Crippen molar-refractivity contribution in [3.05, 3.63) is 29.8 Å². The number of rotatable bonds is 3. The summed E-state index contributed by atoms with van der Waals surface area (Å²) in [5.74, 6) is 0. The first-order valence-corrected chi connectivity index (χ1v) is 6.70. The van der Waals surface area contributed by atoms with Gasteiger partial charge >= 0.3 is 6.03 Å². The van der Waals surface area contributed by atoms with Crippen molar-refractivity contribution in [2.75, 3.05) is 0 Å². The van der Waals surface area contributed by atoms with Gasteiger partial charge in [0.2, 0.25) is 0 Å². The van der Waals surface area contributed by atoms with Gasteiger partial charge in [0, 0.05) is 6.04 Å². The number of hydrogen-bond acceptors (Lipinski definition) is 3. The molecule has 0 bridgehead atoms. The molecule has 0 aromatic heterocycles. The van der Waals surface area contributed by atoms with Gasteiger partial charge in [-0.1, -0.05) is 18.2 Å². The minimum atomic E-state index is -3.80. The number of carbonyl (C=O) groups excluding carboxylic acids is 1. The van der Waals surface area contributed by atoms with Crippen LogP contribution in [0.3, 0.4) is 0 Å². The highest BCUT2D eigenvalue weighted by Gasteiger charge is 2.19. The molecule has 0 unspecified atom stereocenters. The molecule has 0 fully saturated rings. The Morgan fingerprint density at radius 1 is 1.24 bits per heavy atom. The van der Waals surface area contributed by atoms with E-state index >= 15 is 0 Å². The van der Waals surface area contributed by atoms with Crippen molar-refractivity contribution in [2.24, 2.45) is 0 Å². The van der Waals surface area contributed by atoms with Gasteiger partial charge in [-0.25, -0.2) is 17.9 Å². The molecule has 0 aliphatic rings. The third kappa shape index (κ3) is 3.74. The summed E-state index contributed by atoms with van der Waals surface area (Å²) in [6, 6.07) is 5.64. The number of benzene rings is 1. The van der Waals surface area contributed by atoms with Crippen molar-refractivity contribution >= 4 is 16.1 Å². The van der Waals surface area contributed by atoms with Crippen molar-refractivity contribution in [3.8, 4) is 0 Å². The van der Waals surface area contributed by atoms with Crippen LogP contribution in [0.15, 0.2) is 29.2 Å². The summed E-state index contributed by atoms with van der Waals surface area (Å²) in [7, 11) is -3.80. The smallest absolute Gasteiger partial charge is 0.328 e. The first kappa shape index (κ1) is 13.5. The Morgan fingerprint density at radius 3 is 2.35 bits per heavy atom. The largest absolute Gasteiger partial charge is 0.335 e. The summed E-state index contributed by atoms with van der Waals surface area (Å²) >= 11 is 0. The molecule has 5 nitrogen and oxygen atoms in total. The van der Waals surface area contributed by atoms with Crippen LogP contribution < -0.4 is 10.0 Å². The van der Waals surface area contributed by atoms with Crippen molar-refractivity contribution in [2.45, 2.75) is 31.7 Å². The standard InChI is InChI=1S/C11H16N2O3S/c1-8(2)12-11(14)13-17(15,16)10-7-5-4-6-9(10)3/h4-8H,1-3H3,(H2,12,13,14). The van der Waals surface area contributed by atoms with Gasteiger partial charge in [-0.2, -0.15) is 0 Å². The quantitative estimate of drug-likeness (QED) is 0.858. The second kappa shape index (κ2) is 5.18. The summed E-state index contributed by atoms with van der Waals surface area (Å²) < 4.78 is 25.7. The van der Waals surface area contributed by atoms with Crippen LogP contribution in [0, 0.1) is 6.92 Å². The lowest BCUT2D eigenvalue weighted by molar-refractivity contribution is 0.243. The molecular weight excluding hydrogens is 240 g/mol. The van der Waals surface area contributed by atoms with E-state index < -0.39 is 16.1 Å². The van der Waals surface area contributed by atoms with Gasteiger partial charge in [-0.3, -0.25) is 0 Å². The van der Waals surface area contributed by atoms with Gasteiger partial charge in [-0.15, -0.1) is 0 Å². The highest BCUT2D eigenvalue weighted by atomic mass is 32.2. The van der Waals surface area contributed by atoms with E-state index in [0.29, 0.717) is 5.56 Å². The summed E-state index contributed by atoms with van der Waals surface area (Å²) in [6.07, 6.45) is 0. The monoisotopic (exact) mass is 256 g/mol. The van der Waals surface area contributed by atoms with E-state index in [1.54, 1.807) is 39.0 Å². The third-order valence-corrected chi connectivity index (χ3v) is 3.52. The van der Waals surface area contributed by atoms with E-state index in [0.717, 1.165) is 0 Å². The van der Waals surface area contributed by atoms with E-state index in [1.807, 2.05) is 4.72 Å². The molecule has 6 heteroatoms. The normalized spacial score (nSPS) is 11.3. The Balaban J connectivity index is 2.91. The van der Waals surface area contributed by atoms with Crippen LogP contribution in [-0.4, -0.2) is 20.5 Å². The van der Waals surface area contributed by atoms with E-state index in [2.05, 4.69) is 5.32 Å². The van der Waals surface area contributed by atoms with E-state index in [4.69, 9.17) is 0 Å². The molecule has 0 aliphatic carbocycles. The van der Waals surface area contributed by atoms with E-state index in [1.165, 1.54) is 6.07 Å². The number of aryl methyl sites for hydroxylation is 1. The highest BCUT2D eigenvalue weighted by molar-refractivity contribution is 7.90. The Morgan fingerprint density at radius 2 is 1.82 bits per heavy atom. The summed E-state index contributed by atoms with van der Waals surface area (Å²) in [4.78, 5) is 11.5. The van der Waals surface area contributed by atoms with Crippen LogP contribution in [0.4, 0.5) is 4.79 Å². The van der Waals surface area contributed by atoms with Crippen LogP contribution in [-0.2, 0) is 10.0 Å². The molecule has 1 rings (SSSR count). The van der Waals surface area contributed by atoms with Gasteiger partial charge in [-0.05, 0) is 32.4 Å². The molecule has 0 heterocycles. The SMILES string of the molecule is Cc1ccccc1S(=O)(=O)NC(=O)NC(C)C. The molecular formula is C11H16N2O3S. The van der Waals surface area contributed by atoms with E-state index in [9.17, 15) is 13.2 Å². The minimum Gasteiger partial charge on any atom is -0.335 e. The number of sulfonamides is 1. The lowest BCUT2D eigenvalue weighted by atomic mass is 10.2. The predicted molar refractivity (Wildman–Crippen MR) is 65.2 cm³/mol. The molecule has 0 atom stereocenters. The van der Waals surface area contributed by atoms with Gasteiger partial charge in [0.05, 0.1) is 4.90 Å². The van der Waals surface area contributed by atoms with Crippen molar-refractivity contribution in [1.82, 2.24) is 10.0 Å². The number of hydrogen-bond donors (Lipinski definition) is 2. The maximum atomic E-state index is 11.9. The lowest BCUT2D eigenvalue weighted by Gasteiger charge is -2.11. The molecule has 0 aliphatic heterocycles. The number of amides is 2. The molecule has 0 radical (unpaired) electrons. The van der Waals surface area contributed by atoms with Crippen LogP contribution in [0.5, 0.6) is 0 Å². The fourth-order valence-electron chi connectivity index (χ4n) is 1.33. The number of nitrogens with one attached hydrogen (secondary N) is 2. The van der Waals surface area contributed by atoms with Crippen LogP contribution >= 0.6 is 0 Å². The molecule has 0 spiro atoms. The molecule has 1 aromatic carbocycles. The molecule has 17 heavy (non-hydrogen) atoms. The summed E-state index contributed by atoms with van der Waals surface area (Å²) in [5, 5.41) is 2.46. The maximum absolute atomic E-state index is 11.9. The summed E-state index contributed by atoms with van der Waals surface area (Å²) in [5.41, 5.74) is 0.595. The molecule has 94 valence electrons. The topological polar surface area (TPSA) is 75.3 Å². The second-order valence-corrected chi connectivity index (χ2v) is 5.65. The molecule has 2 amide bonds. The van der Waals surface area contributed by atoms with Gasteiger partial charge < -0.3 is 5.32 Å². The Bertz CT molecular complexity index is 509. The zero-order valence-corrected chi connectivity index (χ0v) is 10.8. The summed E-state index contributed by atoms with van der Waals surface area (Å²) in [6.45, 7) is 5.18. The predicted octanol–water partition coefficient (Wildman–Crippen LogP) is 1.39. The average molecular weight is 256 g/mol. The zero-order chi connectivity index (χ0) is 13.1. The van der Waals surface area contributed by atoms with Crippen LogP contribution in [0.2, 0.25) is 0 Å². The molecule has 1 aromatic rings. The highest BCUT2D eigenvalue weighted by Crippen LogP contribution is 2.13. The Hall–Kier alpha value is -1.56. The molecule has 0 saturated carbocycles.